The minimum Gasteiger partial charge on any atom is -0.478 e. The Morgan fingerprint density at radius 2 is 1.90 bits per heavy atom. The lowest BCUT2D eigenvalue weighted by Crippen LogP contribution is -2.38. The van der Waals surface area contributed by atoms with Gasteiger partial charge in [-0.15, -0.1) is 0 Å². The molecule has 0 atom stereocenters. The highest BCUT2D eigenvalue weighted by Gasteiger charge is 2.17. The monoisotopic (exact) mass is 278 g/mol. The number of unbranched alkanes of at least 4 members (excludes halogenated alkanes) is 3. The van der Waals surface area contributed by atoms with Gasteiger partial charge in [0.05, 0.1) is 11.3 Å². The van der Waals surface area contributed by atoms with Crippen LogP contribution in [0.4, 0.5) is 10.5 Å². The van der Waals surface area contributed by atoms with Gasteiger partial charge in [-0.25, -0.2) is 9.59 Å². The molecule has 2 amide bonds. The van der Waals surface area contributed by atoms with Crippen molar-refractivity contribution in [2.45, 2.75) is 32.6 Å². The van der Waals surface area contributed by atoms with E-state index in [1.807, 2.05) is 0 Å². The van der Waals surface area contributed by atoms with Crippen LogP contribution in [0.5, 0.6) is 0 Å². The molecule has 1 aromatic rings. The number of carbonyl (C=O) groups excluding carboxylic acids is 1. The fourth-order valence-electron chi connectivity index (χ4n) is 1.92. The molecule has 0 unspecified atom stereocenters. The number of rotatable bonds is 7. The fraction of sp³-hybridized carbons (Fsp3) is 0.467. The molecule has 0 heterocycles. The van der Waals surface area contributed by atoms with Crippen molar-refractivity contribution in [3.05, 3.63) is 29.8 Å². The average molecular weight is 278 g/mol. The maximum Gasteiger partial charge on any atom is 0.337 e. The van der Waals surface area contributed by atoms with Crippen molar-refractivity contribution in [1.82, 2.24) is 5.32 Å². The lowest BCUT2D eigenvalue weighted by molar-refractivity contribution is 0.0697. The molecule has 1 rings (SSSR count). The molecule has 0 spiro atoms. The first-order valence-corrected chi connectivity index (χ1v) is 6.91. The number of carboxylic acids is 1. The molecule has 0 radical (unpaired) electrons. The highest BCUT2D eigenvalue weighted by molar-refractivity contribution is 6.01. The summed E-state index contributed by atoms with van der Waals surface area (Å²) in [5.41, 5.74) is 0.516. The predicted molar refractivity (Wildman–Crippen MR) is 79.3 cm³/mol. The van der Waals surface area contributed by atoms with Crippen LogP contribution in [0.1, 0.15) is 43.0 Å². The number of carboxylic acid groups (broad SMARTS) is 1. The molecule has 0 fully saturated rings. The van der Waals surface area contributed by atoms with Gasteiger partial charge in [0.2, 0.25) is 0 Å². The van der Waals surface area contributed by atoms with Crippen molar-refractivity contribution >= 4 is 17.7 Å². The van der Waals surface area contributed by atoms with Gasteiger partial charge in [0.1, 0.15) is 0 Å². The lowest BCUT2D eigenvalue weighted by atomic mass is 10.1. The van der Waals surface area contributed by atoms with E-state index in [9.17, 15) is 9.59 Å². The minimum absolute atomic E-state index is 0.121. The van der Waals surface area contributed by atoms with Gasteiger partial charge in [-0.05, 0) is 18.6 Å². The molecule has 110 valence electrons. The van der Waals surface area contributed by atoms with Gasteiger partial charge in [0.15, 0.2) is 0 Å². The summed E-state index contributed by atoms with van der Waals surface area (Å²) < 4.78 is 0. The number of hydrogen-bond acceptors (Lipinski definition) is 2. The zero-order valence-electron chi connectivity index (χ0n) is 12.1. The number of hydrogen-bond donors (Lipinski definition) is 2. The van der Waals surface area contributed by atoms with Gasteiger partial charge in [0.25, 0.3) is 0 Å². The molecule has 20 heavy (non-hydrogen) atoms. The van der Waals surface area contributed by atoms with Gasteiger partial charge in [0, 0.05) is 13.6 Å². The van der Waals surface area contributed by atoms with E-state index in [2.05, 4.69) is 12.2 Å². The third-order valence-corrected chi connectivity index (χ3v) is 3.11. The van der Waals surface area contributed by atoms with E-state index in [4.69, 9.17) is 5.11 Å². The number of anilines is 1. The third kappa shape index (κ3) is 4.57. The first kappa shape index (κ1) is 16.0. The SMILES string of the molecule is CCCCCCNC(=O)N(C)c1ccccc1C(=O)O. The van der Waals surface area contributed by atoms with E-state index in [1.165, 1.54) is 11.0 Å². The summed E-state index contributed by atoms with van der Waals surface area (Å²) in [5.74, 6) is -1.04. The summed E-state index contributed by atoms with van der Waals surface area (Å²) >= 11 is 0. The van der Waals surface area contributed by atoms with Crippen LogP contribution in [-0.2, 0) is 0 Å². The molecule has 1 aromatic carbocycles. The van der Waals surface area contributed by atoms with Crippen molar-refractivity contribution < 1.29 is 14.7 Å². The molecule has 0 aliphatic carbocycles. The van der Waals surface area contributed by atoms with Crippen LogP contribution in [0.25, 0.3) is 0 Å². The number of nitrogens with zero attached hydrogens (tertiary/aromatic N) is 1. The van der Waals surface area contributed by atoms with Crippen LogP contribution >= 0.6 is 0 Å². The normalized spacial score (nSPS) is 10.1. The van der Waals surface area contributed by atoms with Gasteiger partial charge in [-0.2, -0.15) is 0 Å². The van der Waals surface area contributed by atoms with Gasteiger partial charge in [-0.3, -0.25) is 4.90 Å². The van der Waals surface area contributed by atoms with E-state index in [0.29, 0.717) is 12.2 Å². The number of nitrogens with one attached hydrogen (secondary N) is 1. The molecule has 0 saturated heterocycles. The van der Waals surface area contributed by atoms with E-state index >= 15 is 0 Å². The molecule has 5 nitrogen and oxygen atoms in total. The Balaban J connectivity index is 2.59. The second-order valence-corrected chi connectivity index (χ2v) is 4.67. The largest absolute Gasteiger partial charge is 0.478 e. The Morgan fingerprint density at radius 3 is 2.55 bits per heavy atom. The summed E-state index contributed by atoms with van der Waals surface area (Å²) in [7, 11) is 1.57. The smallest absolute Gasteiger partial charge is 0.337 e. The van der Waals surface area contributed by atoms with Crippen molar-refractivity contribution in [2.75, 3.05) is 18.5 Å². The van der Waals surface area contributed by atoms with E-state index < -0.39 is 5.97 Å². The van der Waals surface area contributed by atoms with Crippen LogP contribution < -0.4 is 10.2 Å². The molecule has 0 aliphatic rings. The first-order valence-electron chi connectivity index (χ1n) is 6.91. The van der Waals surface area contributed by atoms with Gasteiger partial charge < -0.3 is 10.4 Å². The molecular formula is C15H22N2O3. The topological polar surface area (TPSA) is 69.6 Å². The van der Waals surface area contributed by atoms with E-state index in [-0.39, 0.29) is 11.6 Å². The summed E-state index contributed by atoms with van der Waals surface area (Å²) in [6.07, 6.45) is 4.34. The van der Waals surface area contributed by atoms with Crippen molar-refractivity contribution in [3.63, 3.8) is 0 Å². The molecule has 2 N–H and O–H groups in total. The molecule has 0 aromatic heterocycles. The Morgan fingerprint density at radius 1 is 1.20 bits per heavy atom. The molecule has 0 bridgehead atoms. The van der Waals surface area contributed by atoms with Crippen LogP contribution in [0.15, 0.2) is 24.3 Å². The Labute approximate surface area is 119 Å². The standard InChI is InChI=1S/C15H22N2O3/c1-3-4-5-8-11-16-15(20)17(2)13-10-7-6-9-12(13)14(18)19/h6-7,9-10H,3-5,8,11H2,1-2H3,(H,16,20)(H,18,19). The Kier molecular flexibility index (Phi) is 6.56. The third-order valence-electron chi connectivity index (χ3n) is 3.11. The number of amides is 2. The molecular weight excluding hydrogens is 256 g/mol. The van der Waals surface area contributed by atoms with E-state index in [1.54, 1.807) is 25.2 Å². The van der Waals surface area contributed by atoms with Crippen LogP contribution in [0.3, 0.4) is 0 Å². The minimum atomic E-state index is -1.04. The second-order valence-electron chi connectivity index (χ2n) is 4.67. The zero-order valence-corrected chi connectivity index (χ0v) is 12.1. The molecule has 0 aliphatic heterocycles. The summed E-state index contributed by atoms with van der Waals surface area (Å²) in [5, 5.41) is 11.9. The van der Waals surface area contributed by atoms with Crippen LogP contribution in [-0.4, -0.2) is 30.7 Å². The Hall–Kier alpha value is -2.04. The summed E-state index contributed by atoms with van der Waals surface area (Å²) in [6, 6.07) is 6.19. The summed E-state index contributed by atoms with van der Waals surface area (Å²) in [6.45, 7) is 2.74. The van der Waals surface area contributed by atoms with Crippen LogP contribution in [0.2, 0.25) is 0 Å². The average Bonchev–Trinajstić information content (AvgIpc) is 2.46. The molecule has 5 heteroatoms. The number of para-hydroxylation sites is 1. The van der Waals surface area contributed by atoms with Gasteiger partial charge in [-0.1, -0.05) is 38.3 Å². The maximum absolute atomic E-state index is 12.0. The quantitative estimate of drug-likeness (QED) is 0.753. The van der Waals surface area contributed by atoms with Crippen molar-refractivity contribution in [1.29, 1.82) is 0 Å². The van der Waals surface area contributed by atoms with Crippen molar-refractivity contribution in [3.8, 4) is 0 Å². The molecule has 0 saturated carbocycles. The highest BCUT2D eigenvalue weighted by Crippen LogP contribution is 2.19. The summed E-state index contributed by atoms with van der Waals surface area (Å²) in [4.78, 5) is 24.4. The Bertz CT molecular complexity index is 460. The van der Waals surface area contributed by atoms with Gasteiger partial charge >= 0.3 is 12.0 Å². The predicted octanol–water partition coefficient (Wildman–Crippen LogP) is 3.11. The number of urea groups is 1. The first-order chi connectivity index (χ1) is 9.57. The number of carbonyl (C=O) groups is 2. The maximum atomic E-state index is 12.0. The van der Waals surface area contributed by atoms with Crippen molar-refractivity contribution in [2.24, 2.45) is 0 Å². The van der Waals surface area contributed by atoms with Crippen LogP contribution in [0, 0.1) is 0 Å². The highest BCUT2D eigenvalue weighted by atomic mass is 16.4. The second kappa shape index (κ2) is 8.19. The zero-order chi connectivity index (χ0) is 15.0. The van der Waals surface area contributed by atoms with E-state index in [0.717, 1.165) is 25.7 Å². The number of benzene rings is 1. The number of aromatic carboxylic acids is 1. The lowest BCUT2D eigenvalue weighted by Gasteiger charge is -2.19. The fourth-order valence-corrected chi connectivity index (χ4v) is 1.92.